The van der Waals surface area contributed by atoms with Crippen molar-refractivity contribution >= 4 is 28.2 Å². The van der Waals surface area contributed by atoms with E-state index in [1.54, 1.807) is 12.2 Å². The summed E-state index contributed by atoms with van der Waals surface area (Å²) in [7, 11) is -1.24. The van der Waals surface area contributed by atoms with Crippen molar-refractivity contribution in [3.8, 4) is 0 Å². The molecule has 166 valence electrons. The van der Waals surface area contributed by atoms with Crippen LogP contribution in [0.25, 0.3) is 0 Å². The molecule has 1 N–H and O–H groups in total. The van der Waals surface area contributed by atoms with Crippen molar-refractivity contribution in [1.82, 2.24) is 0 Å². The van der Waals surface area contributed by atoms with Gasteiger partial charge in [0.1, 0.15) is 4.21 Å². The zero-order valence-electron chi connectivity index (χ0n) is 18.2. The first-order valence-corrected chi connectivity index (χ1v) is 13.1. The van der Waals surface area contributed by atoms with E-state index in [1.165, 1.54) is 0 Å². The predicted molar refractivity (Wildman–Crippen MR) is 125 cm³/mol. The van der Waals surface area contributed by atoms with Gasteiger partial charge in [0.25, 0.3) is 0 Å². The van der Waals surface area contributed by atoms with Gasteiger partial charge in [0.2, 0.25) is 0 Å². The molecule has 0 spiro atoms. The van der Waals surface area contributed by atoms with Gasteiger partial charge in [0.05, 0.1) is 11.9 Å². The molecule has 0 saturated heterocycles. The van der Waals surface area contributed by atoms with Crippen LogP contribution in [-0.2, 0) is 21.3 Å². The van der Waals surface area contributed by atoms with Gasteiger partial charge in [0.15, 0.2) is 5.78 Å². The molecule has 0 aliphatic heterocycles. The summed E-state index contributed by atoms with van der Waals surface area (Å²) < 4.78 is 12.8. The van der Waals surface area contributed by atoms with Crippen LogP contribution in [-0.4, -0.2) is 25.4 Å². The second-order valence-electron chi connectivity index (χ2n) is 10.5. The molecule has 5 rings (SSSR count). The quantitative estimate of drug-likeness (QED) is 0.637. The summed E-state index contributed by atoms with van der Waals surface area (Å²) in [5.74, 6) is 1.24. The van der Waals surface area contributed by atoms with E-state index in [2.05, 4.69) is 13.8 Å². The van der Waals surface area contributed by atoms with Gasteiger partial charge in [-0.2, -0.15) is 0 Å². The first kappa shape index (κ1) is 21.6. The third-order valence-electron chi connectivity index (χ3n) is 9.02. The van der Waals surface area contributed by atoms with E-state index >= 15 is 0 Å². The summed E-state index contributed by atoms with van der Waals surface area (Å²) in [4.78, 5) is 12.0. The molecule has 3 fully saturated rings. The number of aliphatic hydroxyl groups excluding tert-OH is 1. The topological polar surface area (TPSA) is 54.4 Å². The van der Waals surface area contributed by atoms with Crippen molar-refractivity contribution in [3.63, 3.8) is 0 Å². The zero-order chi connectivity index (χ0) is 22.0. The lowest BCUT2D eigenvalue weighted by atomic mass is 9.47. The molecule has 0 aromatic heterocycles. The first-order valence-electron chi connectivity index (χ1n) is 11.4. The summed E-state index contributed by atoms with van der Waals surface area (Å²) in [6, 6.07) is 9.92. The third-order valence-corrected chi connectivity index (χ3v) is 12.1. The lowest BCUT2D eigenvalue weighted by Crippen LogP contribution is -2.59. The Bertz CT molecular complexity index is 988. The van der Waals surface area contributed by atoms with Crippen LogP contribution in [0.3, 0.4) is 0 Å². The number of alkyl halides is 1. The highest BCUT2D eigenvalue weighted by molar-refractivity contribution is 7.87. The average Bonchev–Trinajstić information content (AvgIpc) is 3.00. The maximum absolute atomic E-state index is 13.6. The largest absolute Gasteiger partial charge is 0.393 e. The van der Waals surface area contributed by atoms with Crippen LogP contribution >= 0.6 is 11.6 Å². The molecule has 31 heavy (non-hydrogen) atoms. The Balaban J connectivity index is 1.47. The molecule has 1 aromatic rings. The third kappa shape index (κ3) is 3.08. The Hall–Kier alpha value is -1.23. The highest BCUT2D eigenvalue weighted by Gasteiger charge is 2.67. The minimum atomic E-state index is -1.24. The van der Waals surface area contributed by atoms with Gasteiger partial charge in [0, 0.05) is 27.5 Å². The highest BCUT2D eigenvalue weighted by Crippen LogP contribution is 2.69. The van der Waals surface area contributed by atoms with Gasteiger partial charge in [-0.05, 0) is 61.7 Å². The van der Waals surface area contributed by atoms with Crippen LogP contribution in [0.1, 0.15) is 51.5 Å². The Morgan fingerprint density at radius 2 is 1.94 bits per heavy atom. The molecule has 4 aliphatic rings. The van der Waals surface area contributed by atoms with Gasteiger partial charge < -0.3 is 5.11 Å². The summed E-state index contributed by atoms with van der Waals surface area (Å²) in [6.07, 6.45) is 9.04. The van der Waals surface area contributed by atoms with Crippen molar-refractivity contribution in [2.24, 2.45) is 28.6 Å². The van der Waals surface area contributed by atoms with Crippen LogP contribution in [0, 0.1) is 28.6 Å². The number of rotatable bonds is 3. The van der Waals surface area contributed by atoms with Crippen molar-refractivity contribution in [2.45, 2.75) is 62.0 Å². The van der Waals surface area contributed by atoms with E-state index in [1.807, 2.05) is 36.4 Å². The molecule has 0 bridgehead atoms. The number of benzene rings is 1. The van der Waals surface area contributed by atoms with Crippen LogP contribution in [0.2, 0.25) is 0 Å². The number of hydrogen-bond acceptors (Lipinski definition) is 3. The number of halogens is 1. The van der Waals surface area contributed by atoms with E-state index in [-0.39, 0.29) is 22.5 Å². The van der Waals surface area contributed by atoms with Crippen molar-refractivity contribution in [2.75, 3.05) is 0 Å². The molecule has 5 heteroatoms. The van der Waals surface area contributed by atoms with E-state index in [4.69, 9.17) is 11.6 Å². The van der Waals surface area contributed by atoms with Crippen molar-refractivity contribution in [3.05, 3.63) is 59.7 Å². The summed E-state index contributed by atoms with van der Waals surface area (Å²) in [5, 5.41) is 11.5. The molecule has 4 aliphatic carbocycles. The molecular weight excluding hydrogens is 428 g/mol. The van der Waals surface area contributed by atoms with E-state index in [0.29, 0.717) is 24.0 Å². The fourth-order valence-electron chi connectivity index (χ4n) is 7.48. The summed E-state index contributed by atoms with van der Waals surface area (Å²) >= 11 is 7.29. The summed E-state index contributed by atoms with van der Waals surface area (Å²) in [5.41, 5.74) is 1.55. The summed E-state index contributed by atoms with van der Waals surface area (Å²) in [6.45, 7) is 4.36. The molecule has 1 aromatic carbocycles. The zero-order valence-corrected chi connectivity index (χ0v) is 19.8. The van der Waals surface area contributed by atoms with Gasteiger partial charge in [-0.25, -0.2) is 0 Å². The Labute approximate surface area is 192 Å². The lowest BCUT2D eigenvalue weighted by molar-refractivity contribution is -0.114. The van der Waals surface area contributed by atoms with Crippen LogP contribution in [0.5, 0.6) is 0 Å². The van der Waals surface area contributed by atoms with Gasteiger partial charge in [-0.3, -0.25) is 9.00 Å². The number of ketones is 1. The number of aliphatic hydroxyl groups is 1. The maximum atomic E-state index is 13.6. The minimum Gasteiger partial charge on any atom is -0.393 e. The molecule has 0 heterocycles. The Morgan fingerprint density at radius 3 is 2.68 bits per heavy atom. The average molecular weight is 459 g/mol. The molecule has 0 radical (unpaired) electrons. The standard InChI is InChI=1S/C26H31ClO3S/c1-24-12-10-19(28)14-18(24)8-9-20-21-11-13-26(27,25(21,2)15-22(29)23(20)24)31(30)16-17-6-4-3-5-7-17/h3-7,10,12,14,20-23,29H,8-9,11,13,15-16H2,1-2H3/t20-,21-,22-,23+,24-,25-,26-,31?/m0/s1. The lowest BCUT2D eigenvalue weighted by Gasteiger charge is -2.59. The maximum Gasteiger partial charge on any atom is 0.178 e. The molecule has 1 unspecified atom stereocenters. The molecule has 0 amide bonds. The monoisotopic (exact) mass is 458 g/mol. The molecule has 8 atom stereocenters. The fourth-order valence-corrected chi connectivity index (χ4v) is 9.79. The number of allylic oxidation sites excluding steroid dienone is 4. The minimum absolute atomic E-state index is 0.0537. The van der Waals surface area contributed by atoms with Gasteiger partial charge in [-0.1, -0.05) is 55.8 Å². The predicted octanol–water partition coefficient (Wildman–Crippen LogP) is 5.15. The van der Waals surface area contributed by atoms with Crippen molar-refractivity contribution < 1.29 is 14.1 Å². The number of hydrogen-bond donors (Lipinski definition) is 1. The van der Waals surface area contributed by atoms with Crippen molar-refractivity contribution in [1.29, 1.82) is 0 Å². The second-order valence-corrected chi connectivity index (χ2v) is 13.0. The Kier molecular flexibility index (Phi) is 5.16. The number of fused-ring (bicyclic) bond motifs is 5. The van der Waals surface area contributed by atoms with E-state index in [0.717, 1.165) is 36.8 Å². The normalized spacial score (nSPS) is 44.8. The number of carbonyl (C=O) groups excluding carboxylic acids is 1. The highest BCUT2D eigenvalue weighted by atomic mass is 35.5. The van der Waals surface area contributed by atoms with Gasteiger partial charge in [-0.15, -0.1) is 11.6 Å². The molecule has 3 nitrogen and oxygen atoms in total. The Morgan fingerprint density at radius 1 is 1.19 bits per heavy atom. The molecular formula is C26H31ClO3S. The van der Waals surface area contributed by atoms with Crippen LogP contribution in [0.4, 0.5) is 0 Å². The fraction of sp³-hybridized carbons (Fsp3) is 0.577. The van der Waals surface area contributed by atoms with Crippen LogP contribution < -0.4 is 0 Å². The van der Waals surface area contributed by atoms with Gasteiger partial charge >= 0.3 is 0 Å². The smallest absolute Gasteiger partial charge is 0.178 e. The SMILES string of the molecule is C[C@]12C=CC(=O)C=C1CC[C@@H]1[C@@H]2[C@@H](O)C[C@@]2(C)[C@H]1CC[C@]2(Cl)S(=O)Cc1ccccc1. The van der Waals surface area contributed by atoms with E-state index in [9.17, 15) is 14.1 Å². The second kappa shape index (κ2) is 7.40. The number of carbonyl (C=O) groups is 1. The van der Waals surface area contributed by atoms with E-state index < -0.39 is 21.1 Å². The molecule has 3 saturated carbocycles. The van der Waals surface area contributed by atoms with Crippen LogP contribution in [0.15, 0.2) is 54.1 Å². The first-order chi connectivity index (χ1) is 14.7.